The highest BCUT2D eigenvalue weighted by atomic mass is 16.5. The molecule has 4 aromatic rings. The molecule has 0 fully saturated rings. The van der Waals surface area contributed by atoms with Gasteiger partial charge in [-0.2, -0.15) is 0 Å². The molecule has 0 heterocycles. The second kappa shape index (κ2) is 7.79. The van der Waals surface area contributed by atoms with Crippen LogP contribution in [0.1, 0.15) is 18.4 Å². The van der Waals surface area contributed by atoms with Crippen molar-refractivity contribution in [3.8, 4) is 34.1 Å². The molecule has 3 N–H and O–H groups in total. The molecule has 4 rings (SSSR count). The minimum absolute atomic E-state index is 0.165. The summed E-state index contributed by atoms with van der Waals surface area (Å²) in [6, 6.07) is 22.7. The Morgan fingerprint density at radius 3 is 2.17 bits per heavy atom. The summed E-state index contributed by atoms with van der Waals surface area (Å²) in [5.74, 6) is 0.0290. The number of rotatable bonds is 5. The third kappa shape index (κ3) is 3.78. The fraction of sp³-hybridized carbons (Fsp3) is 0.0800. The van der Waals surface area contributed by atoms with Crippen molar-refractivity contribution in [2.45, 2.75) is 12.8 Å². The van der Waals surface area contributed by atoms with E-state index in [2.05, 4.69) is 0 Å². The van der Waals surface area contributed by atoms with Crippen molar-refractivity contribution < 1.29 is 24.9 Å². The summed E-state index contributed by atoms with van der Waals surface area (Å²) in [5, 5.41) is 30.3. The Hall–Kier alpha value is -3.99. The summed E-state index contributed by atoms with van der Waals surface area (Å²) in [6.45, 7) is 1.64. The van der Waals surface area contributed by atoms with Crippen LogP contribution in [0.3, 0.4) is 0 Å². The van der Waals surface area contributed by atoms with E-state index in [0.717, 1.165) is 21.9 Å². The van der Waals surface area contributed by atoms with E-state index in [1.54, 1.807) is 73.7 Å². The van der Waals surface area contributed by atoms with Gasteiger partial charge in [-0.1, -0.05) is 30.3 Å². The number of carboxylic acid groups (broad SMARTS) is 1. The summed E-state index contributed by atoms with van der Waals surface area (Å²) < 4.78 is 6.25. The van der Waals surface area contributed by atoms with Crippen LogP contribution in [0.15, 0.2) is 78.9 Å². The zero-order valence-corrected chi connectivity index (χ0v) is 16.2. The maximum absolute atomic E-state index is 11.2. The smallest absolute Gasteiger partial charge is 0.310 e. The molecule has 150 valence electrons. The van der Waals surface area contributed by atoms with Crippen molar-refractivity contribution in [2.75, 3.05) is 0 Å². The molecule has 5 nitrogen and oxygen atoms in total. The monoisotopic (exact) mass is 400 g/mol. The molecule has 0 aliphatic heterocycles. The lowest BCUT2D eigenvalue weighted by molar-refractivity contribution is -0.138. The van der Waals surface area contributed by atoms with E-state index in [9.17, 15) is 20.1 Å². The van der Waals surface area contributed by atoms with Gasteiger partial charge in [-0.15, -0.1) is 0 Å². The Labute approximate surface area is 173 Å². The lowest BCUT2D eigenvalue weighted by Gasteiger charge is -2.16. The van der Waals surface area contributed by atoms with Gasteiger partial charge in [-0.25, -0.2) is 0 Å². The van der Waals surface area contributed by atoms with Crippen LogP contribution in [0.2, 0.25) is 0 Å². The van der Waals surface area contributed by atoms with Crippen LogP contribution >= 0.6 is 0 Å². The molecule has 0 aliphatic rings. The number of carbonyl (C=O) groups is 1. The van der Waals surface area contributed by atoms with Crippen molar-refractivity contribution in [1.82, 2.24) is 0 Å². The zero-order chi connectivity index (χ0) is 21.3. The lowest BCUT2D eigenvalue weighted by atomic mass is 9.99. The van der Waals surface area contributed by atoms with Gasteiger partial charge in [-0.05, 0) is 72.0 Å². The second-order valence-corrected chi connectivity index (χ2v) is 7.13. The Bertz CT molecular complexity index is 1210. The largest absolute Gasteiger partial charge is 0.508 e. The molecule has 0 aromatic heterocycles. The number of aliphatic carboxylic acids is 1. The first-order chi connectivity index (χ1) is 14.4. The molecule has 0 amide bonds. The highest BCUT2D eigenvalue weighted by Crippen LogP contribution is 2.41. The van der Waals surface area contributed by atoms with E-state index in [-0.39, 0.29) is 11.5 Å². The Balaban J connectivity index is 1.80. The highest BCUT2D eigenvalue weighted by Gasteiger charge is 2.15. The van der Waals surface area contributed by atoms with Crippen LogP contribution in [0.4, 0.5) is 0 Å². The number of phenolic OH excluding ortho intramolecular Hbond substituents is 2. The van der Waals surface area contributed by atoms with E-state index in [1.165, 1.54) is 0 Å². The first-order valence-electron chi connectivity index (χ1n) is 9.48. The average Bonchev–Trinajstić information content (AvgIpc) is 2.74. The topological polar surface area (TPSA) is 87.0 Å². The third-order valence-corrected chi connectivity index (χ3v) is 5.10. The molecular formula is C25H20O5. The van der Waals surface area contributed by atoms with E-state index >= 15 is 0 Å². The van der Waals surface area contributed by atoms with E-state index < -0.39 is 11.9 Å². The van der Waals surface area contributed by atoms with Gasteiger partial charge in [0.15, 0.2) is 0 Å². The molecular weight excluding hydrogens is 380 g/mol. The molecule has 0 saturated heterocycles. The molecule has 0 spiro atoms. The summed E-state index contributed by atoms with van der Waals surface area (Å²) >= 11 is 0. The fourth-order valence-electron chi connectivity index (χ4n) is 3.35. The van der Waals surface area contributed by atoms with Gasteiger partial charge >= 0.3 is 5.97 Å². The number of carboxylic acids is 1. The number of benzene rings is 4. The van der Waals surface area contributed by atoms with Crippen molar-refractivity contribution in [3.05, 3.63) is 84.4 Å². The Morgan fingerprint density at radius 1 is 0.833 bits per heavy atom. The summed E-state index contributed by atoms with van der Waals surface area (Å²) in [4.78, 5) is 11.2. The fourth-order valence-corrected chi connectivity index (χ4v) is 3.35. The Morgan fingerprint density at radius 2 is 1.50 bits per heavy atom. The van der Waals surface area contributed by atoms with E-state index in [4.69, 9.17) is 4.74 Å². The van der Waals surface area contributed by atoms with E-state index in [1.807, 2.05) is 12.1 Å². The highest BCUT2D eigenvalue weighted by molar-refractivity contribution is 5.96. The van der Waals surface area contributed by atoms with Crippen LogP contribution < -0.4 is 4.74 Å². The van der Waals surface area contributed by atoms with Gasteiger partial charge in [-0.3, -0.25) is 4.79 Å². The number of ether oxygens (including phenoxy) is 1. The van der Waals surface area contributed by atoms with Gasteiger partial charge < -0.3 is 20.1 Å². The molecule has 1 unspecified atom stereocenters. The van der Waals surface area contributed by atoms with Gasteiger partial charge in [0.1, 0.15) is 23.0 Å². The van der Waals surface area contributed by atoms with Crippen molar-refractivity contribution in [3.63, 3.8) is 0 Å². The summed E-state index contributed by atoms with van der Waals surface area (Å²) in [7, 11) is 0. The predicted octanol–water partition coefficient (Wildman–Crippen LogP) is 5.90. The second-order valence-electron chi connectivity index (χ2n) is 7.13. The van der Waals surface area contributed by atoms with Crippen LogP contribution in [-0.4, -0.2) is 21.3 Å². The quantitative estimate of drug-likeness (QED) is 0.388. The standard InChI is InChI=1S/C25H20O5/c1-15(25(28)29)16-4-10-21(11-5-16)30-24-22(17-2-7-19(26)8-3-17)12-6-18-14-20(27)9-13-23(18)24/h2-15,26-27H,1H3,(H,28,29). The molecule has 5 heteroatoms. The van der Waals surface area contributed by atoms with Crippen LogP contribution in [0.5, 0.6) is 23.0 Å². The normalized spacial score (nSPS) is 11.9. The van der Waals surface area contributed by atoms with Gasteiger partial charge in [0.05, 0.1) is 5.92 Å². The summed E-state index contributed by atoms with van der Waals surface area (Å²) in [6.07, 6.45) is 0. The average molecular weight is 400 g/mol. The maximum Gasteiger partial charge on any atom is 0.310 e. The molecule has 0 saturated carbocycles. The molecule has 1 atom stereocenters. The minimum atomic E-state index is -0.882. The van der Waals surface area contributed by atoms with Crippen molar-refractivity contribution in [1.29, 1.82) is 0 Å². The van der Waals surface area contributed by atoms with E-state index in [0.29, 0.717) is 17.1 Å². The summed E-state index contributed by atoms with van der Waals surface area (Å²) in [5.41, 5.74) is 2.39. The number of fused-ring (bicyclic) bond motifs is 1. The van der Waals surface area contributed by atoms with Crippen molar-refractivity contribution >= 4 is 16.7 Å². The maximum atomic E-state index is 11.2. The number of aromatic hydroxyl groups is 2. The van der Waals surface area contributed by atoms with Crippen LogP contribution in [0.25, 0.3) is 21.9 Å². The van der Waals surface area contributed by atoms with Crippen LogP contribution in [-0.2, 0) is 4.79 Å². The Kier molecular flexibility index (Phi) is 5.02. The van der Waals surface area contributed by atoms with Crippen LogP contribution in [0, 0.1) is 0 Å². The minimum Gasteiger partial charge on any atom is -0.508 e. The molecule has 30 heavy (non-hydrogen) atoms. The van der Waals surface area contributed by atoms with Gasteiger partial charge in [0.2, 0.25) is 0 Å². The lowest BCUT2D eigenvalue weighted by Crippen LogP contribution is -2.06. The van der Waals surface area contributed by atoms with Gasteiger partial charge in [0.25, 0.3) is 0 Å². The molecule has 0 aliphatic carbocycles. The van der Waals surface area contributed by atoms with Crippen molar-refractivity contribution in [2.24, 2.45) is 0 Å². The molecule has 0 radical (unpaired) electrons. The number of hydrogen-bond acceptors (Lipinski definition) is 4. The predicted molar refractivity (Wildman–Crippen MR) is 115 cm³/mol. The first kappa shape index (κ1) is 19.3. The van der Waals surface area contributed by atoms with Gasteiger partial charge in [0, 0.05) is 10.9 Å². The number of hydrogen-bond donors (Lipinski definition) is 3. The SMILES string of the molecule is CC(C(=O)O)c1ccc(Oc2c(-c3ccc(O)cc3)ccc3cc(O)ccc23)cc1. The molecule has 4 aromatic carbocycles. The molecule has 0 bridgehead atoms. The third-order valence-electron chi connectivity index (χ3n) is 5.10. The number of phenols is 2. The first-order valence-corrected chi connectivity index (χ1v) is 9.48. The zero-order valence-electron chi connectivity index (χ0n) is 16.2.